The number of nitrogens with zero attached hydrogens (tertiary/aromatic N) is 4. The molecule has 2 rings (SSSR count). The fourth-order valence-electron chi connectivity index (χ4n) is 2.69. The number of ether oxygens (including phenoxy) is 1. The third-order valence-electron chi connectivity index (χ3n) is 4.56. The van der Waals surface area contributed by atoms with Crippen molar-refractivity contribution in [3.8, 4) is 0 Å². The molecule has 0 atom stereocenters. The molecule has 1 aromatic heterocycles. The van der Waals surface area contributed by atoms with Gasteiger partial charge < -0.3 is 15.4 Å². The van der Waals surface area contributed by atoms with Crippen molar-refractivity contribution in [3.05, 3.63) is 11.9 Å². The van der Waals surface area contributed by atoms with E-state index in [0.717, 1.165) is 18.2 Å². The maximum atomic E-state index is 11.2. The maximum Gasteiger partial charge on any atom is 0.327 e. The summed E-state index contributed by atoms with van der Waals surface area (Å²) in [6, 6.07) is 0. The second-order valence-electron chi connectivity index (χ2n) is 5.97. The third-order valence-corrected chi connectivity index (χ3v) is 4.56. The molecule has 0 radical (unpaired) electrons. The summed E-state index contributed by atoms with van der Waals surface area (Å²) in [5.41, 5.74) is 1.17. The predicted molar refractivity (Wildman–Crippen MR) is 86.8 cm³/mol. The summed E-state index contributed by atoms with van der Waals surface area (Å²) in [6.45, 7) is 3.75. The Labute approximate surface area is 136 Å². The molecule has 1 saturated carbocycles. The van der Waals surface area contributed by atoms with Gasteiger partial charge in [0.25, 0.3) is 0 Å². The van der Waals surface area contributed by atoms with E-state index in [4.69, 9.17) is 0 Å². The number of aromatic nitrogens is 3. The molecule has 1 aromatic rings. The van der Waals surface area contributed by atoms with Crippen LogP contribution in [0.25, 0.3) is 0 Å². The highest BCUT2D eigenvalue weighted by atomic mass is 16.5. The molecule has 128 valence electrons. The number of hydrogen-bond acceptors (Lipinski definition) is 5. The molecule has 2 N–H and O–H groups in total. The highest BCUT2D eigenvalue weighted by molar-refractivity contribution is 5.79. The molecule has 0 aromatic carbocycles. The monoisotopic (exact) mass is 322 g/mol. The first-order valence-corrected chi connectivity index (χ1v) is 8.01. The van der Waals surface area contributed by atoms with Crippen molar-refractivity contribution in [1.82, 2.24) is 25.6 Å². The van der Waals surface area contributed by atoms with E-state index >= 15 is 0 Å². The lowest BCUT2D eigenvalue weighted by atomic mass is 9.67. The second-order valence-corrected chi connectivity index (χ2v) is 5.97. The van der Waals surface area contributed by atoms with Crippen molar-refractivity contribution in [2.45, 2.75) is 45.7 Å². The fourth-order valence-corrected chi connectivity index (χ4v) is 2.69. The average Bonchev–Trinajstić information content (AvgIpc) is 2.96. The van der Waals surface area contributed by atoms with Gasteiger partial charge in [0, 0.05) is 13.6 Å². The van der Waals surface area contributed by atoms with Gasteiger partial charge in [0.1, 0.15) is 12.2 Å². The van der Waals surface area contributed by atoms with Crippen molar-refractivity contribution in [2.24, 2.45) is 10.4 Å². The first kappa shape index (κ1) is 17.2. The van der Waals surface area contributed by atoms with Gasteiger partial charge >= 0.3 is 5.97 Å². The van der Waals surface area contributed by atoms with E-state index in [9.17, 15) is 4.79 Å². The van der Waals surface area contributed by atoms with E-state index in [1.807, 2.05) is 0 Å². The molecule has 8 nitrogen and oxygen atoms in total. The molecule has 8 heteroatoms. The Hall–Kier alpha value is -2.12. The highest BCUT2D eigenvalue weighted by Gasteiger charge is 2.34. The summed E-state index contributed by atoms with van der Waals surface area (Å²) in [7, 11) is 3.10. The molecule has 0 spiro atoms. The number of esters is 1. The normalized spacial score (nSPS) is 16.6. The lowest BCUT2D eigenvalue weighted by Crippen LogP contribution is -2.46. The van der Waals surface area contributed by atoms with Crippen LogP contribution in [0.15, 0.2) is 11.2 Å². The molecule has 1 aliphatic carbocycles. The van der Waals surface area contributed by atoms with Crippen LogP contribution in [-0.4, -0.2) is 47.6 Å². The lowest BCUT2D eigenvalue weighted by molar-refractivity contribution is -0.141. The molecular weight excluding hydrogens is 296 g/mol. The van der Waals surface area contributed by atoms with Gasteiger partial charge in [-0.2, -0.15) is 0 Å². The van der Waals surface area contributed by atoms with Gasteiger partial charge in [0.2, 0.25) is 0 Å². The zero-order valence-corrected chi connectivity index (χ0v) is 14.1. The molecule has 1 aliphatic rings. The van der Waals surface area contributed by atoms with Crippen LogP contribution in [0, 0.1) is 5.41 Å². The average molecular weight is 322 g/mol. The topological polar surface area (TPSA) is 93.4 Å². The Morgan fingerprint density at radius 1 is 1.48 bits per heavy atom. The summed E-state index contributed by atoms with van der Waals surface area (Å²) < 4.78 is 6.06. The number of methoxy groups -OCH3 is 1. The van der Waals surface area contributed by atoms with Gasteiger partial charge in [-0.15, -0.1) is 5.10 Å². The van der Waals surface area contributed by atoms with Crippen LogP contribution in [0.1, 0.15) is 38.3 Å². The third kappa shape index (κ3) is 4.67. The molecule has 0 aliphatic heterocycles. The van der Waals surface area contributed by atoms with Crippen LogP contribution in [0.5, 0.6) is 0 Å². The Balaban J connectivity index is 1.78. The molecule has 0 unspecified atom stereocenters. The molecule has 1 heterocycles. The highest BCUT2D eigenvalue weighted by Crippen LogP contribution is 2.42. The van der Waals surface area contributed by atoms with E-state index in [0.29, 0.717) is 12.0 Å². The zero-order valence-electron chi connectivity index (χ0n) is 14.1. The minimum atomic E-state index is -0.350. The molecule has 23 heavy (non-hydrogen) atoms. The summed E-state index contributed by atoms with van der Waals surface area (Å²) in [5, 5.41) is 14.5. The quantitative estimate of drug-likeness (QED) is 0.436. The van der Waals surface area contributed by atoms with Crippen LogP contribution >= 0.6 is 0 Å². The Kier molecular flexibility index (Phi) is 5.95. The summed E-state index contributed by atoms with van der Waals surface area (Å²) in [4.78, 5) is 15.4. The molecule has 0 saturated heterocycles. The van der Waals surface area contributed by atoms with Gasteiger partial charge in [0.15, 0.2) is 5.96 Å². The minimum absolute atomic E-state index is 0.0650. The lowest BCUT2D eigenvalue weighted by Gasteiger charge is -2.41. The van der Waals surface area contributed by atoms with E-state index < -0.39 is 0 Å². The van der Waals surface area contributed by atoms with E-state index in [1.165, 1.54) is 37.5 Å². The van der Waals surface area contributed by atoms with Crippen LogP contribution in [-0.2, 0) is 22.6 Å². The Morgan fingerprint density at radius 2 is 2.26 bits per heavy atom. The van der Waals surface area contributed by atoms with Gasteiger partial charge in [-0.1, -0.05) is 18.6 Å². The second kappa shape index (κ2) is 7.94. The van der Waals surface area contributed by atoms with E-state index in [2.05, 4.69) is 37.6 Å². The van der Waals surface area contributed by atoms with Crippen molar-refractivity contribution in [3.63, 3.8) is 0 Å². The van der Waals surface area contributed by atoms with E-state index in [-0.39, 0.29) is 12.5 Å². The summed E-state index contributed by atoms with van der Waals surface area (Å²) in [6.07, 6.45) is 6.81. The fraction of sp³-hybridized carbons (Fsp3) is 0.733. The number of rotatable bonds is 7. The van der Waals surface area contributed by atoms with Gasteiger partial charge in [0.05, 0.1) is 19.9 Å². The van der Waals surface area contributed by atoms with Crippen molar-refractivity contribution in [2.75, 3.05) is 20.7 Å². The summed E-state index contributed by atoms with van der Waals surface area (Å²) >= 11 is 0. The summed E-state index contributed by atoms with van der Waals surface area (Å²) in [5.74, 6) is 0.407. The Bertz CT molecular complexity index is 544. The standard InChI is InChI=1S/C15H26N6O2/c1-4-15(6-5-7-15)11-18-14(16-2)17-8-12-9-21(20-19-12)10-13(22)23-3/h9H,4-8,10-11H2,1-3H3,(H2,16,17,18). The first-order chi connectivity index (χ1) is 11.1. The van der Waals surface area contributed by atoms with Crippen LogP contribution in [0.4, 0.5) is 0 Å². The van der Waals surface area contributed by atoms with Crippen molar-refractivity contribution < 1.29 is 9.53 Å². The molecule has 1 fully saturated rings. The number of nitrogens with one attached hydrogen (secondary N) is 2. The van der Waals surface area contributed by atoms with Crippen LogP contribution in [0.2, 0.25) is 0 Å². The van der Waals surface area contributed by atoms with Gasteiger partial charge in [-0.25, -0.2) is 4.68 Å². The van der Waals surface area contributed by atoms with Gasteiger partial charge in [-0.05, 0) is 24.7 Å². The van der Waals surface area contributed by atoms with Crippen molar-refractivity contribution in [1.29, 1.82) is 0 Å². The zero-order chi connectivity index (χ0) is 16.7. The number of hydrogen-bond donors (Lipinski definition) is 2. The smallest absolute Gasteiger partial charge is 0.327 e. The van der Waals surface area contributed by atoms with Crippen LogP contribution in [0.3, 0.4) is 0 Å². The van der Waals surface area contributed by atoms with Crippen molar-refractivity contribution >= 4 is 11.9 Å². The molecule has 0 bridgehead atoms. The molecular formula is C15H26N6O2. The number of aliphatic imine (C=N–C) groups is 1. The Morgan fingerprint density at radius 3 is 2.83 bits per heavy atom. The van der Waals surface area contributed by atoms with Gasteiger partial charge in [-0.3, -0.25) is 9.79 Å². The maximum absolute atomic E-state index is 11.2. The first-order valence-electron chi connectivity index (χ1n) is 8.01. The molecule has 0 amide bonds. The largest absolute Gasteiger partial charge is 0.468 e. The number of carbonyl (C=O) groups is 1. The SMILES string of the molecule is CCC1(CNC(=NC)NCc2cn(CC(=O)OC)nn2)CCC1. The number of guanidine groups is 1. The van der Waals surface area contributed by atoms with Crippen LogP contribution < -0.4 is 10.6 Å². The minimum Gasteiger partial charge on any atom is -0.468 e. The number of carbonyl (C=O) groups excluding carboxylic acids is 1. The predicted octanol–water partition coefficient (Wildman–Crippen LogP) is 0.696. The van der Waals surface area contributed by atoms with E-state index in [1.54, 1.807) is 13.2 Å².